The highest BCUT2D eigenvalue weighted by atomic mass is 35.5. The molecule has 0 saturated carbocycles. The lowest BCUT2D eigenvalue weighted by molar-refractivity contribution is 0.224. The van der Waals surface area contributed by atoms with Crippen LogP contribution in [0.4, 0.5) is 5.95 Å². The number of hydrogen-bond donors (Lipinski definition) is 1. The van der Waals surface area contributed by atoms with E-state index >= 15 is 0 Å². The summed E-state index contributed by atoms with van der Waals surface area (Å²) in [6.07, 6.45) is 2.13. The van der Waals surface area contributed by atoms with Crippen LogP contribution in [0.1, 0.15) is 46.1 Å². The summed E-state index contributed by atoms with van der Waals surface area (Å²) >= 11 is 6.40. The summed E-state index contributed by atoms with van der Waals surface area (Å²) in [5, 5.41) is 15.5. The lowest BCUT2D eigenvalue weighted by Crippen LogP contribution is -2.11. The van der Waals surface area contributed by atoms with Crippen LogP contribution in [0.15, 0.2) is 12.1 Å². The van der Waals surface area contributed by atoms with Crippen LogP contribution in [0.2, 0.25) is 5.02 Å². The van der Waals surface area contributed by atoms with Gasteiger partial charge in [0.2, 0.25) is 5.95 Å². The lowest BCUT2D eigenvalue weighted by atomic mass is 10.2. The maximum Gasteiger partial charge on any atom is 0.243 e. The Kier molecular flexibility index (Phi) is 7.31. The van der Waals surface area contributed by atoms with Gasteiger partial charge in [-0.2, -0.15) is 0 Å². The van der Waals surface area contributed by atoms with Crippen LogP contribution in [0.25, 0.3) is 0 Å². The highest BCUT2D eigenvalue weighted by Gasteiger charge is 2.14. The van der Waals surface area contributed by atoms with Gasteiger partial charge in [-0.1, -0.05) is 30.0 Å². The number of halogens is 1. The molecule has 1 aromatic heterocycles. The van der Waals surface area contributed by atoms with E-state index in [1.807, 2.05) is 32.9 Å². The van der Waals surface area contributed by atoms with Crippen molar-refractivity contribution in [2.45, 2.75) is 59.7 Å². The molecule has 0 aliphatic carbocycles. The first-order valence-electron chi connectivity index (χ1n) is 8.67. The molecule has 0 saturated heterocycles. The van der Waals surface area contributed by atoms with Crippen LogP contribution >= 0.6 is 11.6 Å². The van der Waals surface area contributed by atoms with E-state index in [9.17, 15) is 0 Å². The fourth-order valence-electron chi connectivity index (χ4n) is 2.31. The van der Waals surface area contributed by atoms with Gasteiger partial charge in [0.15, 0.2) is 11.5 Å². The Bertz CT molecular complexity index is 675. The predicted octanol–water partition coefficient (Wildman–Crippen LogP) is 3.92. The predicted molar refractivity (Wildman–Crippen MR) is 98.4 cm³/mol. The third-order valence-electron chi connectivity index (χ3n) is 3.43. The van der Waals surface area contributed by atoms with Crippen molar-refractivity contribution in [3.8, 4) is 11.5 Å². The number of aromatic nitrogens is 4. The fourth-order valence-corrected chi connectivity index (χ4v) is 2.59. The minimum absolute atomic E-state index is 0.0175. The molecule has 8 heteroatoms. The third kappa shape index (κ3) is 5.49. The second-order valence-corrected chi connectivity index (χ2v) is 6.34. The molecule has 2 rings (SSSR count). The Morgan fingerprint density at radius 3 is 2.76 bits per heavy atom. The number of tetrazole rings is 1. The Morgan fingerprint density at radius 1 is 1.28 bits per heavy atom. The number of anilines is 1. The SMILES string of the molecule is CCCCn1nnnc1NCc1cc(Cl)c(OC(C)C)c(OCC)c1. The van der Waals surface area contributed by atoms with Gasteiger partial charge in [-0.05, 0) is 55.3 Å². The summed E-state index contributed by atoms with van der Waals surface area (Å²) in [6, 6.07) is 3.80. The quantitative estimate of drug-likeness (QED) is 0.686. The van der Waals surface area contributed by atoms with Crippen LogP contribution in [0.3, 0.4) is 0 Å². The molecule has 0 fully saturated rings. The van der Waals surface area contributed by atoms with Gasteiger partial charge in [0.1, 0.15) is 0 Å². The van der Waals surface area contributed by atoms with Crippen molar-refractivity contribution in [1.82, 2.24) is 20.2 Å². The average Bonchev–Trinajstić information content (AvgIpc) is 3.01. The molecule has 0 unspecified atom stereocenters. The van der Waals surface area contributed by atoms with Gasteiger partial charge in [-0.15, -0.1) is 0 Å². The van der Waals surface area contributed by atoms with Crippen molar-refractivity contribution in [3.63, 3.8) is 0 Å². The highest BCUT2D eigenvalue weighted by molar-refractivity contribution is 6.32. The smallest absolute Gasteiger partial charge is 0.243 e. The van der Waals surface area contributed by atoms with Crippen LogP contribution < -0.4 is 14.8 Å². The van der Waals surface area contributed by atoms with Gasteiger partial charge in [-0.3, -0.25) is 0 Å². The number of nitrogens with one attached hydrogen (secondary N) is 1. The standard InChI is InChI=1S/C17H26ClN5O2/c1-5-7-8-23-17(20-21-22-23)19-11-13-9-14(18)16(25-12(3)4)15(10-13)24-6-2/h9-10,12H,5-8,11H2,1-4H3,(H,19,20,22). The maximum absolute atomic E-state index is 6.40. The van der Waals surface area contributed by atoms with E-state index in [2.05, 4.69) is 27.8 Å². The number of nitrogens with zero attached hydrogens (tertiary/aromatic N) is 4. The third-order valence-corrected chi connectivity index (χ3v) is 3.71. The summed E-state index contributed by atoms with van der Waals surface area (Å²) in [5.74, 6) is 1.87. The number of ether oxygens (including phenoxy) is 2. The van der Waals surface area contributed by atoms with Gasteiger partial charge in [-0.25, -0.2) is 4.68 Å². The zero-order valence-electron chi connectivity index (χ0n) is 15.3. The van der Waals surface area contributed by atoms with E-state index in [-0.39, 0.29) is 6.10 Å². The molecule has 2 aromatic rings. The molecule has 1 heterocycles. The zero-order chi connectivity index (χ0) is 18.2. The Labute approximate surface area is 153 Å². The first kappa shape index (κ1) is 19.3. The van der Waals surface area contributed by atoms with Crippen molar-refractivity contribution in [3.05, 3.63) is 22.7 Å². The molecule has 0 aliphatic rings. The molecule has 0 spiro atoms. The molecule has 1 aromatic carbocycles. The van der Waals surface area contributed by atoms with E-state index < -0.39 is 0 Å². The molecule has 0 amide bonds. The normalized spacial score (nSPS) is 11.0. The largest absolute Gasteiger partial charge is 0.490 e. The average molecular weight is 368 g/mol. The molecule has 0 radical (unpaired) electrons. The molecular formula is C17H26ClN5O2. The monoisotopic (exact) mass is 367 g/mol. The van der Waals surface area contributed by atoms with E-state index in [4.69, 9.17) is 21.1 Å². The number of rotatable bonds is 10. The molecule has 1 N–H and O–H groups in total. The van der Waals surface area contributed by atoms with E-state index in [1.165, 1.54) is 0 Å². The van der Waals surface area contributed by atoms with Gasteiger partial charge in [0.05, 0.1) is 17.7 Å². The summed E-state index contributed by atoms with van der Waals surface area (Å²) < 4.78 is 13.2. The van der Waals surface area contributed by atoms with Gasteiger partial charge in [0.25, 0.3) is 0 Å². The van der Waals surface area contributed by atoms with Crippen LogP contribution in [0, 0.1) is 0 Å². The highest BCUT2D eigenvalue weighted by Crippen LogP contribution is 2.37. The van der Waals surface area contributed by atoms with Crippen molar-refractivity contribution < 1.29 is 9.47 Å². The van der Waals surface area contributed by atoms with Crippen LogP contribution in [-0.2, 0) is 13.1 Å². The number of hydrogen-bond acceptors (Lipinski definition) is 6. The first-order valence-corrected chi connectivity index (χ1v) is 9.04. The molecule has 25 heavy (non-hydrogen) atoms. The summed E-state index contributed by atoms with van der Waals surface area (Å²) in [4.78, 5) is 0. The van der Waals surface area contributed by atoms with Gasteiger partial charge >= 0.3 is 0 Å². The fraction of sp³-hybridized carbons (Fsp3) is 0.588. The number of unbranched alkanes of at least 4 members (excludes halogenated alkanes) is 1. The molecule has 7 nitrogen and oxygen atoms in total. The van der Waals surface area contributed by atoms with Gasteiger partial charge < -0.3 is 14.8 Å². The molecule has 138 valence electrons. The Balaban J connectivity index is 2.13. The lowest BCUT2D eigenvalue weighted by Gasteiger charge is -2.17. The summed E-state index contributed by atoms with van der Waals surface area (Å²) in [5.41, 5.74) is 0.967. The maximum atomic E-state index is 6.40. The van der Waals surface area contributed by atoms with Crippen LogP contribution in [0.5, 0.6) is 11.5 Å². The minimum Gasteiger partial charge on any atom is -0.490 e. The van der Waals surface area contributed by atoms with Crippen LogP contribution in [-0.4, -0.2) is 32.9 Å². The van der Waals surface area contributed by atoms with Crippen molar-refractivity contribution in [1.29, 1.82) is 0 Å². The zero-order valence-corrected chi connectivity index (χ0v) is 16.0. The van der Waals surface area contributed by atoms with Crippen molar-refractivity contribution in [2.75, 3.05) is 11.9 Å². The number of benzene rings is 1. The van der Waals surface area contributed by atoms with E-state index in [1.54, 1.807) is 4.68 Å². The molecular weight excluding hydrogens is 342 g/mol. The minimum atomic E-state index is 0.0175. The Morgan fingerprint density at radius 2 is 2.08 bits per heavy atom. The summed E-state index contributed by atoms with van der Waals surface area (Å²) in [6.45, 7) is 9.84. The van der Waals surface area contributed by atoms with Crippen molar-refractivity contribution >= 4 is 17.5 Å². The summed E-state index contributed by atoms with van der Waals surface area (Å²) in [7, 11) is 0. The van der Waals surface area contributed by atoms with E-state index in [0.717, 1.165) is 24.9 Å². The van der Waals surface area contributed by atoms with E-state index in [0.29, 0.717) is 35.6 Å². The first-order chi connectivity index (χ1) is 12.0. The number of aryl methyl sites for hydroxylation is 1. The van der Waals surface area contributed by atoms with Crippen molar-refractivity contribution in [2.24, 2.45) is 0 Å². The second kappa shape index (κ2) is 9.46. The Hall–Kier alpha value is -2.02. The second-order valence-electron chi connectivity index (χ2n) is 5.94. The molecule has 0 aliphatic heterocycles. The molecule has 0 bridgehead atoms. The molecule has 0 atom stereocenters. The topological polar surface area (TPSA) is 74.1 Å². The van der Waals surface area contributed by atoms with Gasteiger partial charge in [0, 0.05) is 13.1 Å².